The number of rotatable bonds is 3. The molecule has 68 valence electrons. The monoisotopic (exact) mass is 176 g/mol. The van der Waals surface area contributed by atoms with Crippen LogP contribution >= 0.6 is 0 Å². The Kier molecular flexibility index (Phi) is 4.39. The van der Waals surface area contributed by atoms with Gasteiger partial charge in [0.05, 0.1) is 6.42 Å². The lowest BCUT2D eigenvalue weighted by atomic mass is 10.3. The molecule has 12 heavy (non-hydrogen) atoms. The Hall–Kier alpha value is -1.63. The van der Waals surface area contributed by atoms with Gasteiger partial charge in [-0.2, -0.15) is 5.26 Å². The number of urea groups is 1. The molecule has 0 aromatic heterocycles. The molecule has 0 aliphatic carbocycles. The molecule has 0 unspecified atom stereocenters. The molecule has 0 aromatic carbocycles. The summed E-state index contributed by atoms with van der Waals surface area (Å²) in [6.07, 6.45) is -0.571. The molecule has 0 heterocycles. The predicted molar refractivity (Wildman–Crippen MR) is 35.7 cm³/mol. The summed E-state index contributed by atoms with van der Waals surface area (Å²) in [5.41, 5.74) is 4.60. The first-order valence-corrected chi connectivity index (χ1v) is 2.99. The van der Waals surface area contributed by atoms with Crippen LogP contribution in [0.3, 0.4) is 0 Å². The molecule has 0 aromatic rings. The third-order valence-corrected chi connectivity index (χ3v) is 0.921. The minimum Gasteiger partial charge on any atom is -0.351 e. The number of amides is 3. The Balaban J connectivity index is 3.57. The zero-order valence-corrected chi connectivity index (χ0v) is 6.07. The number of hydrogen-bond donors (Lipinski definition) is 3. The number of nitrogens with two attached hydrogens (primary N) is 1. The van der Waals surface area contributed by atoms with Crippen molar-refractivity contribution >= 4 is 17.9 Å². The second-order valence-corrected chi connectivity index (χ2v) is 1.88. The molecule has 0 saturated carbocycles. The second-order valence-electron chi connectivity index (χ2n) is 1.88. The maximum atomic E-state index is 10.6. The third kappa shape index (κ3) is 5.18. The third-order valence-electron chi connectivity index (χ3n) is 0.921. The number of carbonyl (C=O) groups is 3. The molecule has 0 atom stereocenters. The second kappa shape index (κ2) is 5.08. The maximum Gasteiger partial charge on any atom is 0.342 e. The number of imide groups is 1. The van der Waals surface area contributed by atoms with Gasteiger partial charge in [0.1, 0.15) is 0 Å². The highest BCUT2D eigenvalue weighted by Crippen LogP contribution is 1.90. The summed E-state index contributed by atoms with van der Waals surface area (Å²) in [6, 6.07) is -0.989. The number of carbonyl (C=O) groups excluding carboxylic acids is 3. The first-order valence-electron chi connectivity index (χ1n) is 2.99. The van der Waals surface area contributed by atoms with Gasteiger partial charge in [-0.25, -0.2) is 9.59 Å². The van der Waals surface area contributed by atoms with Crippen molar-refractivity contribution in [2.75, 3.05) is 0 Å². The summed E-state index contributed by atoms with van der Waals surface area (Å²) in [5, 5.41) is 9.49. The van der Waals surface area contributed by atoms with E-state index in [9.17, 15) is 14.4 Å². The minimum atomic E-state index is -0.989. The van der Waals surface area contributed by atoms with Gasteiger partial charge in [-0.15, -0.1) is 0 Å². The van der Waals surface area contributed by atoms with Crippen molar-refractivity contribution in [3.8, 4) is 0 Å². The first-order chi connectivity index (χ1) is 5.56. The highest BCUT2D eigenvalue weighted by molar-refractivity contribution is 5.94. The fourth-order valence-corrected chi connectivity index (χ4v) is 0.461. The number of nitrogens with one attached hydrogen (secondary N) is 1. The molecule has 0 aliphatic heterocycles. The van der Waals surface area contributed by atoms with Crippen molar-refractivity contribution in [1.82, 2.24) is 5.32 Å². The molecule has 0 bridgehead atoms. The van der Waals surface area contributed by atoms with Crippen LogP contribution in [-0.2, 0) is 14.5 Å². The van der Waals surface area contributed by atoms with Crippen molar-refractivity contribution < 1.29 is 24.5 Å². The Bertz CT molecular complexity index is 202. The van der Waals surface area contributed by atoms with Crippen molar-refractivity contribution in [2.45, 2.75) is 12.8 Å². The SMILES string of the molecule is NC(=O)NC(=O)CCC(=O)OO. The van der Waals surface area contributed by atoms with Gasteiger partial charge in [0, 0.05) is 6.42 Å². The van der Waals surface area contributed by atoms with Crippen LogP contribution < -0.4 is 11.1 Å². The highest BCUT2D eigenvalue weighted by atomic mass is 17.1. The quantitative estimate of drug-likeness (QED) is 0.375. The van der Waals surface area contributed by atoms with E-state index in [0.29, 0.717) is 0 Å². The summed E-state index contributed by atoms with van der Waals surface area (Å²) >= 11 is 0. The average molecular weight is 176 g/mol. The van der Waals surface area contributed by atoms with Gasteiger partial charge in [-0.3, -0.25) is 10.1 Å². The van der Waals surface area contributed by atoms with Crippen molar-refractivity contribution in [3.63, 3.8) is 0 Å². The maximum absolute atomic E-state index is 10.6. The molecule has 7 nitrogen and oxygen atoms in total. The largest absolute Gasteiger partial charge is 0.351 e. The molecule has 0 radical (unpaired) electrons. The van der Waals surface area contributed by atoms with Crippen LogP contribution in [0.2, 0.25) is 0 Å². The number of primary amides is 1. The van der Waals surface area contributed by atoms with Gasteiger partial charge < -0.3 is 10.6 Å². The summed E-state index contributed by atoms with van der Waals surface area (Å²) < 4.78 is 0. The van der Waals surface area contributed by atoms with E-state index in [1.807, 2.05) is 0 Å². The topological polar surface area (TPSA) is 119 Å². The molecule has 0 rings (SSSR count). The highest BCUT2D eigenvalue weighted by Gasteiger charge is 2.08. The summed E-state index contributed by atoms with van der Waals surface area (Å²) in [4.78, 5) is 34.1. The summed E-state index contributed by atoms with van der Waals surface area (Å²) in [5.74, 6) is -1.65. The van der Waals surface area contributed by atoms with E-state index in [0.717, 1.165) is 0 Å². The van der Waals surface area contributed by atoms with Gasteiger partial charge in [-0.05, 0) is 0 Å². The van der Waals surface area contributed by atoms with Gasteiger partial charge in [0.2, 0.25) is 5.91 Å². The first kappa shape index (κ1) is 10.4. The lowest BCUT2D eigenvalue weighted by Crippen LogP contribution is -2.35. The Morgan fingerprint density at radius 3 is 2.33 bits per heavy atom. The molecule has 0 spiro atoms. The summed E-state index contributed by atoms with van der Waals surface area (Å²) in [6.45, 7) is 0. The van der Waals surface area contributed by atoms with Crippen LogP contribution in [0.4, 0.5) is 4.79 Å². The van der Waals surface area contributed by atoms with Crippen molar-refractivity contribution in [3.05, 3.63) is 0 Å². The van der Waals surface area contributed by atoms with Crippen molar-refractivity contribution in [1.29, 1.82) is 0 Å². The minimum absolute atomic E-state index is 0.262. The molecule has 0 aliphatic rings. The van der Waals surface area contributed by atoms with Gasteiger partial charge in [0.25, 0.3) is 0 Å². The van der Waals surface area contributed by atoms with E-state index in [4.69, 9.17) is 5.26 Å². The predicted octanol–water partition coefficient (Wildman–Crippen LogP) is -1.02. The van der Waals surface area contributed by atoms with Crippen LogP contribution in [0.5, 0.6) is 0 Å². The zero-order chi connectivity index (χ0) is 9.56. The van der Waals surface area contributed by atoms with E-state index in [-0.39, 0.29) is 12.8 Å². The zero-order valence-electron chi connectivity index (χ0n) is 6.07. The van der Waals surface area contributed by atoms with Crippen LogP contribution in [0.15, 0.2) is 0 Å². The van der Waals surface area contributed by atoms with E-state index >= 15 is 0 Å². The molecule has 4 N–H and O–H groups in total. The standard InChI is InChI=1S/C5H8N2O5/c6-5(10)7-3(8)1-2-4(9)12-11/h11H,1-2H2,(H3,6,7,8,10). The molecular formula is C5H8N2O5. The van der Waals surface area contributed by atoms with Crippen molar-refractivity contribution in [2.24, 2.45) is 5.73 Å². The summed E-state index contributed by atoms with van der Waals surface area (Å²) in [7, 11) is 0. The Morgan fingerprint density at radius 2 is 1.92 bits per heavy atom. The van der Waals surface area contributed by atoms with Gasteiger partial charge >= 0.3 is 12.0 Å². The van der Waals surface area contributed by atoms with E-state index in [1.54, 1.807) is 5.32 Å². The molecule has 3 amide bonds. The molecular weight excluding hydrogens is 168 g/mol. The van der Waals surface area contributed by atoms with E-state index in [2.05, 4.69) is 10.6 Å². The molecule has 0 saturated heterocycles. The van der Waals surface area contributed by atoms with E-state index in [1.165, 1.54) is 0 Å². The number of hydrogen-bond acceptors (Lipinski definition) is 5. The Morgan fingerprint density at radius 1 is 1.33 bits per heavy atom. The van der Waals surface area contributed by atoms with Gasteiger partial charge in [0.15, 0.2) is 0 Å². The molecule has 7 heteroatoms. The van der Waals surface area contributed by atoms with Crippen LogP contribution in [0.1, 0.15) is 12.8 Å². The van der Waals surface area contributed by atoms with E-state index < -0.39 is 17.9 Å². The lowest BCUT2D eigenvalue weighted by Gasteiger charge is -1.97. The lowest BCUT2D eigenvalue weighted by molar-refractivity contribution is -0.234. The van der Waals surface area contributed by atoms with Crippen LogP contribution in [0.25, 0.3) is 0 Å². The average Bonchev–Trinajstić information content (AvgIpc) is 1.99. The Labute approximate surface area is 67.4 Å². The van der Waals surface area contributed by atoms with Gasteiger partial charge in [-0.1, -0.05) is 0 Å². The normalized spacial score (nSPS) is 8.75. The van der Waals surface area contributed by atoms with Crippen LogP contribution in [-0.4, -0.2) is 23.2 Å². The fourth-order valence-electron chi connectivity index (χ4n) is 0.461. The molecule has 0 fully saturated rings. The van der Waals surface area contributed by atoms with Crippen LogP contribution in [0, 0.1) is 0 Å². The fraction of sp³-hybridized carbons (Fsp3) is 0.400. The smallest absolute Gasteiger partial charge is 0.342 e.